The molecular weight excluding hydrogens is 236 g/mol. The van der Waals surface area contributed by atoms with Gasteiger partial charge in [-0.3, -0.25) is 9.59 Å². The van der Waals surface area contributed by atoms with E-state index in [-0.39, 0.29) is 24.1 Å². The molecule has 0 saturated carbocycles. The zero-order valence-corrected chi connectivity index (χ0v) is 10.2. The molecule has 1 amide bonds. The van der Waals surface area contributed by atoms with Crippen molar-refractivity contribution in [3.8, 4) is 0 Å². The third-order valence-electron chi connectivity index (χ3n) is 3.05. The highest BCUT2D eigenvalue weighted by Crippen LogP contribution is 2.11. The molecule has 0 aliphatic carbocycles. The Hall–Kier alpha value is -1.66. The Morgan fingerprint density at radius 3 is 3.06 bits per heavy atom. The topological polar surface area (TPSA) is 71.8 Å². The van der Waals surface area contributed by atoms with Gasteiger partial charge < -0.3 is 19.3 Å². The summed E-state index contributed by atoms with van der Waals surface area (Å²) in [6, 6.07) is 2.58. The number of nitrogens with zero attached hydrogens (tertiary/aromatic N) is 2. The Labute approximate surface area is 104 Å². The van der Waals surface area contributed by atoms with Crippen LogP contribution < -0.4 is 5.56 Å². The van der Waals surface area contributed by atoms with Crippen LogP contribution in [0.1, 0.15) is 10.4 Å². The number of morpholine rings is 1. The Bertz CT molecular complexity index is 497. The summed E-state index contributed by atoms with van der Waals surface area (Å²) >= 11 is 0. The van der Waals surface area contributed by atoms with E-state index in [0.717, 1.165) is 0 Å². The van der Waals surface area contributed by atoms with E-state index in [1.807, 2.05) is 0 Å². The van der Waals surface area contributed by atoms with Crippen molar-refractivity contribution in [2.24, 2.45) is 7.05 Å². The van der Waals surface area contributed by atoms with Gasteiger partial charge in [0.15, 0.2) is 0 Å². The highest BCUT2D eigenvalue weighted by molar-refractivity contribution is 5.94. The number of hydrogen-bond acceptors (Lipinski definition) is 4. The second kappa shape index (κ2) is 5.32. The van der Waals surface area contributed by atoms with Crippen molar-refractivity contribution in [3.63, 3.8) is 0 Å². The monoisotopic (exact) mass is 252 g/mol. The smallest absolute Gasteiger partial charge is 0.254 e. The minimum atomic E-state index is -0.338. The van der Waals surface area contributed by atoms with Crippen molar-refractivity contribution >= 4 is 5.91 Å². The average Bonchev–Trinajstić information content (AvgIpc) is 2.41. The Morgan fingerprint density at radius 2 is 2.39 bits per heavy atom. The second-order valence-electron chi connectivity index (χ2n) is 4.27. The van der Waals surface area contributed by atoms with Gasteiger partial charge in [-0.25, -0.2) is 0 Å². The van der Waals surface area contributed by atoms with Crippen molar-refractivity contribution in [2.45, 2.75) is 6.04 Å². The maximum Gasteiger partial charge on any atom is 0.254 e. The van der Waals surface area contributed by atoms with E-state index >= 15 is 0 Å². The number of ether oxygens (including phenoxy) is 1. The molecule has 1 atom stereocenters. The van der Waals surface area contributed by atoms with Crippen LogP contribution in [0.5, 0.6) is 0 Å². The molecule has 0 aromatic carbocycles. The normalized spacial score (nSPS) is 19.9. The van der Waals surface area contributed by atoms with Gasteiger partial charge in [-0.15, -0.1) is 0 Å². The Kier molecular flexibility index (Phi) is 3.78. The van der Waals surface area contributed by atoms with Gasteiger partial charge in [0.05, 0.1) is 25.9 Å². The molecule has 1 N–H and O–H groups in total. The standard InChI is InChI=1S/C12H16N2O4/c1-13-3-2-9(6-11(13)16)12(17)14-4-5-18-8-10(14)7-15/h2-3,6,10,15H,4-5,7-8H2,1H3. The van der Waals surface area contributed by atoms with Crippen molar-refractivity contribution in [1.29, 1.82) is 0 Å². The van der Waals surface area contributed by atoms with Gasteiger partial charge in [0, 0.05) is 31.4 Å². The lowest BCUT2D eigenvalue weighted by Gasteiger charge is -2.34. The summed E-state index contributed by atoms with van der Waals surface area (Å²) in [5, 5.41) is 9.22. The number of aliphatic hydroxyl groups excluding tert-OH is 1. The van der Waals surface area contributed by atoms with Gasteiger partial charge in [0.2, 0.25) is 0 Å². The first-order chi connectivity index (χ1) is 8.63. The molecule has 98 valence electrons. The molecule has 18 heavy (non-hydrogen) atoms. The molecule has 2 rings (SSSR count). The fraction of sp³-hybridized carbons (Fsp3) is 0.500. The summed E-state index contributed by atoms with van der Waals surface area (Å²) in [7, 11) is 1.63. The van der Waals surface area contributed by atoms with Crippen LogP contribution in [0, 0.1) is 0 Å². The van der Waals surface area contributed by atoms with E-state index in [1.54, 1.807) is 24.2 Å². The van der Waals surface area contributed by atoms with Crippen molar-refractivity contribution < 1.29 is 14.6 Å². The molecular formula is C12H16N2O4. The van der Waals surface area contributed by atoms with Crippen molar-refractivity contribution in [2.75, 3.05) is 26.4 Å². The van der Waals surface area contributed by atoms with Gasteiger partial charge in [0.1, 0.15) is 0 Å². The minimum Gasteiger partial charge on any atom is -0.394 e. The van der Waals surface area contributed by atoms with Gasteiger partial charge >= 0.3 is 0 Å². The van der Waals surface area contributed by atoms with Gasteiger partial charge in [-0.2, -0.15) is 0 Å². The average molecular weight is 252 g/mol. The Balaban J connectivity index is 2.24. The predicted octanol–water partition coefficient (Wildman–Crippen LogP) is -0.781. The first-order valence-electron chi connectivity index (χ1n) is 5.79. The number of carbonyl (C=O) groups excluding carboxylic acids is 1. The number of amides is 1. The number of aromatic nitrogens is 1. The molecule has 1 unspecified atom stereocenters. The van der Waals surface area contributed by atoms with E-state index in [4.69, 9.17) is 4.74 Å². The summed E-state index contributed by atoms with van der Waals surface area (Å²) in [6.07, 6.45) is 1.56. The van der Waals surface area contributed by atoms with Crippen molar-refractivity contribution in [1.82, 2.24) is 9.47 Å². The largest absolute Gasteiger partial charge is 0.394 e. The quantitative estimate of drug-likeness (QED) is 0.749. The first kappa shape index (κ1) is 12.8. The number of hydrogen-bond donors (Lipinski definition) is 1. The van der Waals surface area contributed by atoms with E-state index < -0.39 is 0 Å². The SMILES string of the molecule is Cn1ccc(C(=O)N2CCOCC2CO)cc1=O. The molecule has 1 aliphatic rings. The van der Waals surface area contributed by atoms with Crippen LogP contribution in [0.2, 0.25) is 0 Å². The molecule has 0 bridgehead atoms. The van der Waals surface area contributed by atoms with E-state index in [2.05, 4.69) is 0 Å². The van der Waals surface area contributed by atoms with Crippen LogP contribution in [0.25, 0.3) is 0 Å². The lowest BCUT2D eigenvalue weighted by atomic mass is 10.1. The van der Waals surface area contributed by atoms with Crippen LogP contribution in [0.4, 0.5) is 0 Å². The van der Waals surface area contributed by atoms with Crippen molar-refractivity contribution in [3.05, 3.63) is 34.2 Å². The fourth-order valence-electron chi connectivity index (χ4n) is 1.92. The predicted molar refractivity (Wildman–Crippen MR) is 64.4 cm³/mol. The molecule has 1 aliphatic heterocycles. The van der Waals surface area contributed by atoms with Gasteiger partial charge in [0.25, 0.3) is 11.5 Å². The fourth-order valence-corrected chi connectivity index (χ4v) is 1.92. The minimum absolute atomic E-state index is 0.142. The maximum atomic E-state index is 12.2. The van der Waals surface area contributed by atoms with Crippen LogP contribution in [0.15, 0.2) is 23.1 Å². The summed E-state index contributed by atoms with van der Waals surface area (Å²) in [6.45, 7) is 1.07. The zero-order chi connectivity index (χ0) is 13.1. The van der Waals surface area contributed by atoms with E-state index in [9.17, 15) is 14.7 Å². The first-order valence-corrected chi connectivity index (χ1v) is 5.79. The molecule has 1 aromatic rings. The number of aliphatic hydroxyl groups is 1. The highest BCUT2D eigenvalue weighted by Gasteiger charge is 2.27. The summed E-state index contributed by atoms with van der Waals surface area (Å²) < 4.78 is 6.61. The number of pyridine rings is 1. The molecule has 1 aromatic heterocycles. The van der Waals surface area contributed by atoms with Gasteiger partial charge in [-0.05, 0) is 6.07 Å². The van der Waals surface area contributed by atoms with Crippen LogP contribution >= 0.6 is 0 Å². The van der Waals surface area contributed by atoms with Crippen LogP contribution in [0.3, 0.4) is 0 Å². The summed E-state index contributed by atoms with van der Waals surface area (Å²) in [5.74, 6) is -0.241. The molecule has 2 heterocycles. The number of rotatable bonds is 2. The molecule has 0 radical (unpaired) electrons. The molecule has 0 spiro atoms. The lowest BCUT2D eigenvalue weighted by Crippen LogP contribution is -2.50. The highest BCUT2D eigenvalue weighted by atomic mass is 16.5. The molecule has 1 fully saturated rings. The van der Waals surface area contributed by atoms with Crippen LogP contribution in [-0.2, 0) is 11.8 Å². The third-order valence-corrected chi connectivity index (χ3v) is 3.05. The zero-order valence-electron chi connectivity index (χ0n) is 10.2. The second-order valence-corrected chi connectivity index (χ2v) is 4.27. The summed E-state index contributed by atoms with van der Waals surface area (Å²) in [5.41, 5.74) is 0.119. The van der Waals surface area contributed by atoms with E-state index in [0.29, 0.717) is 25.3 Å². The lowest BCUT2D eigenvalue weighted by molar-refractivity contribution is -0.0184. The van der Waals surface area contributed by atoms with Crippen LogP contribution in [-0.4, -0.2) is 52.9 Å². The van der Waals surface area contributed by atoms with Gasteiger partial charge in [-0.1, -0.05) is 0 Å². The van der Waals surface area contributed by atoms with E-state index in [1.165, 1.54) is 10.6 Å². The number of carbonyl (C=O) groups is 1. The molecule has 1 saturated heterocycles. The third kappa shape index (κ3) is 2.44. The summed E-state index contributed by atoms with van der Waals surface area (Å²) in [4.78, 5) is 25.3. The maximum absolute atomic E-state index is 12.2. The Morgan fingerprint density at radius 1 is 1.61 bits per heavy atom. The number of aryl methyl sites for hydroxylation is 1. The molecule has 6 heteroatoms. The molecule has 6 nitrogen and oxygen atoms in total.